The monoisotopic (exact) mass is 486 g/mol. The standard InChI is InChI=1S/C23H19ClN2O4S2/c1-2-11-30-18(27)13-26-22(29)20(32-23(26)31)19-16-5-3-4-6-17(16)25(21(19)28)12-14-7-9-15(24)10-8-14/h3-10H,2,11-13H2,1H3/b20-19-. The van der Waals surface area contributed by atoms with E-state index in [1.54, 1.807) is 17.0 Å². The van der Waals surface area contributed by atoms with Gasteiger partial charge in [-0.3, -0.25) is 19.3 Å². The molecule has 32 heavy (non-hydrogen) atoms. The number of thiocarbonyl (C=S) groups is 1. The molecule has 9 heteroatoms. The highest BCUT2D eigenvalue weighted by Crippen LogP contribution is 2.45. The summed E-state index contributed by atoms with van der Waals surface area (Å²) in [6.07, 6.45) is 0.683. The molecule has 0 N–H and O–H groups in total. The van der Waals surface area contributed by atoms with Gasteiger partial charge in [-0.15, -0.1) is 0 Å². The average molecular weight is 487 g/mol. The van der Waals surface area contributed by atoms with Crippen molar-refractivity contribution in [1.82, 2.24) is 4.90 Å². The topological polar surface area (TPSA) is 66.9 Å². The van der Waals surface area contributed by atoms with Gasteiger partial charge >= 0.3 is 5.97 Å². The number of amides is 2. The summed E-state index contributed by atoms with van der Waals surface area (Å²) in [5, 5.41) is 0.615. The number of thioether (sulfide) groups is 1. The minimum absolute atomic E-state index is 0.229. The molecule has 0 saturated carbocycles. The first-order chi connectivity index (χ1) is 15.4. The van der Waals surface area contributed by atoms with Gasteiger partial charge in [-0.2, -0.15) is 0 Å². The van der Waals surface area contributed by atoms with Gasteiger partial charge in [0.1, 0.15) is 10.9 Å². The van der Waals surface area contributed by atoms with Gasteiger partial charge in [0.15, 0.2) is 0 Å². The summed E-state index contributed by atoms with van der Waals surface area (Å²) in [5.74, 6) is -1.27. The number of fused-ring (bicyclic) bond motifs is 1. The fraction of sp³-hybridized carbons (Fsp3) is 0.217. The lowest BCUT2D eigenvalue weighted by Gasteiger charge is -2.17. The van der Waals surface area contributed by atoms with Crippen LogP contribution in [0.1, 0.15) is 24.5 Å². The number of para-hydroxylation sites is 1. The number of benzene rings is 2. The van der Waals surface area contributed by atoms with Gasteiger partial charge in [-0.05, 0) is 30.2 Å². The van der Waals surface area contributed by atoms with Crippen LogP contribution < -0.4 is 4.90 Å². The van der Waals surface area contributed by atoms with Crippen LogP contribution in [0, 0.1) is 0 Å². The summed E-state index contributed by atoms with van der Waals surface area (Å²) < 4.78 is 5.31. The predicted octanol–water partition coefficient (Wildman–Crippen LogP) is 4.41. The summed E-state index contributed by atoms with van der Waals surface area (Å²) in [4.78, 5) is 41.7. The fourth-order valence-corrected chi connectivity index (χ4v) is 4.96. The second-order valence-electron chi connectivity index (χ2n) is 7.22. The van der Waals surface area contributed by atoms with Crippen molar-refractivity contribution in [2.75, 3.05) is 18.1 Å². The number of hydrogen-bond donors (Lipinski definition) is 0. The van der Waals surface area contributed by atoms with Crippen molar-refractivity contribution >= 4 is 68.9 Å². The largest absolute Gasteiger partial charge is 0.464 e. The number of rotatable bonds is 6. The maximum absolute atomic E-state index is 13.5. The van der Waals surface area contributed by atoms with Crippen LogP contribution in [0.15, 0.2) is 53.4 Å². The van der Waals surface area contributed by atoms with Gasteiger partial charge in [0, 0.05) is 10.6 Å². The third-order valence-corrected chi connectivity index (χ3v) is 6.71. The molecule has 1 fully saturated rings. The number of ether oxygens (including phenoxy) is 1. The maximum atomic E-state index is 13.5. The fourth-order valence-electron chi connectivity index (χ4n) is 3.51. The van der Waals surface area contributed by atoms with Crippen LogP contribution in [0.3, 0.4) is 0 Å². The molecule has 2 amide bonds. The van der Waals surface area contributed by atoms with Gasteiger partial charge in [-0.25, -0.2) is 0 Å². The molecule has 0 bridgehead atoms. The number of carbonyl (C=O) groups is 3. The first-order valence-electron chi connectivity index (χ1n) is 10.00. The summed E-state index contributed by atoms with van der Waals surface area (Å²) in [6, 6.07) is 14.6. The molecule has 0 radical (unpaired) electrons. The summed E-state index contributed by atoms with van der Waals surface area (Å²) in [6.45, 7) is 2.22. The SMILES string of the molecule is CCCOC(=O)CN1C(=O)/C(=C2/C(=O)N(Cc3ccc(Cl)cc3)c3ccccc32)SC1=S. The highest BCUT2D eigenvalue weighted by atomic mass is 35.5. The van der Waals surface area contributed by atoms with Crippen molar-refractivity contribution in [3.63, 3.8) is 0 Å². The second-order valence-corrected chi connectivity index (χ2v) is 9.30. The maximum Gasteiger partial charge on any atom is 0.326 e. The molecule has 6 nitrogen and oxygen atoms in total. The Labute approximate surface area is 200 Å². The Morgan fingerprint density at radius 2 is 1.78 bits per heavy atom. The Morgan fingerprint density at radius 3 is 2.50 bits per heavy atom. The van der Waals surface area contributed by atoms with E-state index in [1.165, 1.54) is 4.90 Å². The molecule has 2 aliphatic rings. The van der Waals surface area contributed by atoms with E-state index in [-0.39, 0.29) is 28.3 Å². The molecule has 164 valence electrons. The predicted molar refractivity (Wildman–Crippen MR) is 129 cm³/mol. The first-order valence-corrected chi connectivity index (χ1v) is 11.6. The summed E-state index contributed by atoms with van der Waals surface area (Å²) >= 11 is 12.3. The Morgan fingerprint density at radius 1 is 1.06 bits per heavy atom. The molecule has 2 aromatic rings. The van der Waals surface area contributed by atoms with E-state index in [9.17, 15) is 14.4 Å². The van der Waals surface area contributed by atoms with E-state index in [4.69, 9.17) is 28.6 Å². The second kappa shape index (κ2) is 9.44. The third kappa shape index (κ3) is 4.30. The lowest BCUT2D eigenvalue weighted by Crippen LogP contribution is -2.34. The van der Waals surface area contributed by atoms with Crippen LogP contribution >= 0.6 is 35.6 Å². The number of carbonyl (C=O) groups excluding carboxylic acids is 3. The quantitative estimate of drug-likeness (QED) is 0.342. The number of halogens is 1. The van der Waals surface area contributed by atoms with Crippen molar-refractivity contribution in [1.29, 1.82) is 0 Å². The Balaban J connectivity index is 1.66. The molecule has 0 aliphatic carbocycles. The Hall–Kier alpha value is -2.68. The molecule has 2 aromatic carbocycles. The van der Waals surface area contributed by atoms with E-state index < -0.39 is 11.9 Å². The highest BCUT2D eigenvalue weighted by Gasteiger charge is 2.42. The van der Waals surface area contributed by atoms with Crippen molar-refractivity contribution in [3.05, 3.63) is 69.6 Å². The lowest BCUT2D eigenvalue weighted by atomic mass is 10.1. The van der Waals surface area contributed by atoms with Crippen LogP contribution in [0.25, 0.3) is 5.57 Å². The van der Waals surface area contributed by atoms with Crippen molar-refractivity contribution in [2.45, 2.75) is 19.9 Å². The van der Waals surface area contributed by atoms with Gasteiger partial charge in [0.25, 0.3) is 11.8 Å². The number of nitrogens with zero attached hydrogens (tertiary/aromatic N) is 2. The van der Waals surface area contributed by atoms with Crippen molar-refractivity contribution in [3.8, 4) is 0 Å². The zero-order valence-electron chi connectivity index (χ0n) is 17.2. The molecule has 2 aliphatic heterocycles. The molecule has 2 heterocycles. The molecule has 1 saturated heterocycles. The Kier molecular flexibility index (Phi) is 6.64. The minimum atomic E-state index is -0.531. The number of esters is 1. The number of hydrogen-bond acceptors (Lipinski definition) is 6. The van der Waals surface area contributed by atoms with Crippen molar-refractivity contribution < 1.29 is 19.1 Å². The van der Waals surface area contributed by atoms with E-state index in [2.05, 4.69) is 0 Å². The van der Waals surface area contributed by atoms with E-state index in [0.29, 0.717) is 29.1 Å². The third-order valence-electron chi connectivity index (χ3n) is 5.01. The zero-order chi connectivity index (χ0) is 22.8. The van der Waals surface area contributed by atoms with Gasteiger partial charge in [0.05, 0.1) is 29.3 Å². The molecule has 4 rings (SSSR count). The zero-order valence-corrected chi connectivity index (χ0v) is 19.6. The summed E-state index contributed by atoms with van der Waals surface area (Å²) in [7, 11) is 0. The van der Waals surface area contributed by atoms with E-state index in [0.717, 1.165) is 23.0 Å². The smallest absolute Gasteiger partial charge is 0.326 e. The first kappa shape index (κ1) is 22.5. The Bertz CT molecular complexity index is 1150. The van der Waals surface area contributed by atoms with E-state index >= 15 is 0 Å². The lowest BCUT2D eigenvalue weighted by molar-refractivity contribution is -0.146. The van der Waals surface area contributed by atoms with Crippen LogP contribution in [0.4, 0.5) is 5.69 Å². The average Bonchev–Trinajstić information content (AvgIpc) is 3.21. The highest BCUT2D eigenvalue weighted by molar-refractivity contribution is 8.26. The van der Waals surface area contributed by atoms with Gasteiger partial charge in [0.2, 0.25) is 0 Å². The van der Waals surface area contributed by atoms with Crippen LogP contribution in [-0.4, -0.2) is 40.2 Å². The number of anilines is 1. The van der Waals surface area contributed by atoms with Crippen LogP contribution in [-0.2, 0) is 25.7 Å². The molecular weight excluding hydrogens is 468 g/mol. The normalized spacial score (nSPS) is 17.9. The van der Waals surface area contributed by atoms with Crippen molar-refractivity contribution in [2.24, 2.45) is 0 Å². The van der Waals surface area contributed by atoms with Gasteiger partial charge in [-0.1, -0.05) is 72.8 Å². The van der Waals surface area contributed by atoms with E-state index in [1.807, 2.05) is 43.3 Å². The molecule has 0 atom stereocenters. The molecule has 0 aromatic heterocycles. The van der Waals surface area contributed by atoms with Gasteiger partial charge < -0.3 is 9.64 Å². The minimum Gasteiger partial charge on any atom is -0.464 e. The van der Waals surface area contributed by atoms with Crippen LogP contribution in [0.5, 0.6) is 0 Å². The molecule has 0 spiro atoms. The van der Waals surface area contributed by atoms with Crippen LogP contribution in [0.2, 0.25) is 5.02 Å². The summed E-state index contributed by atoms with van der Waals surface area (Å²) in [5.41, 5.74) is 2.59. The molecule has 0 unspecified atom stereocenters. The molecular formula is C23H19ClN2O4S2.